The van der Waals surface area contributed by atoms with E-state index in [0.717, 1.165) is 15.6 Å². The molecule has 3 rings (SSSR count). The minimum Gasteiger partial charge on any atom is -0.375 e. The normalized spacial score (nSPS) is 18.8. The van der Waals surface area contributed by atoms with Crippen LogP contribution in [-0.2, 0) is 10.4 Å². The van der Waals surface area contributed by atoms with Crippen LogP contribution in [-0.4, -0.2) is 23.3 Å². The van der Waals surface area contributed by atoms with Gasteiger partial charge in [-0.1, -0.05) is 39.7 Å². The predicted octanol–water partition coefficient (Wildman–Crippen LogP) is 4.06. The molecule has 0 saturated carbocycles. The number of rotatable bonds is 5. The fourth-order valence-corrected chi connectivity index (χ4v) is 3.73. The number of aliphatic hydroxyl groups is 1. The van der Waals surface area contributed by atoms with E-state index in [0.29, 0.717) is 16.8 Å². The lowest BCUT2D eigenvalue weighted by molar-refractivity contribution is -0.135. The van der Waals surface area contributed by atoms with Crippen LogP contribution in [0.25, 0.3) is 0 Å². The molecule has 2 aromatic rings. The lowest BCUT2D eigenvalue weighted by Crippen LogP contribution is -2.42. The van der Waals surface area contributed by atoms with Crippen molar-refractivity contribution in [1.82, 2.24) is 0 Å². The number of nitrogens with zero attached hydrogens (tertiary/aromatic N) is 1. The summed E-state index contributed by atoms with van der Waals surface area (Å²) in [5.41, 5.74) is 1.49. The number of fused-ring (bicyclic) bond motifs is 1. The van der Waals surface area contributed by atoms with Gasteiger partial charge in [0.1, 0.15) is 0 Å². The van der Waals surface area contributed by atoms with Crippen LogP contribution in [0.15, 0.2) is 53.5 Å². The molecule has 1 aliphatic heterocycles. The van der Waals surface area contributed by atoms with Crippen molar-refractivity contribution in [1.29, 1.82) is 0 Å². The first kappa shape index (κ1) is 18.5. The van der Waals surface area contributed by atoms with Crippen molar-refractivity contribution in [3.8, 4) is 0 Å². The standard InChI is InChI=1S/C21H20BrNO3/c1-4-9-23-18-8-7-15(22)11-17(18)21(26,20(23)25)12-19(24)16-10-13(2)5-6-14(16)3/h4-8,10-11,26H,1,9,12H2,2-3H3. The molecule has 26 heavy (non-hydrogen) atoms. The Morgan fingerprint density at radius 3 is 2.69 bits per heavy atom. The zero-order chi connectivity index (χ0) is 19.1. The van der Waals surface area contributed by atoms with Crippen molar-refractivity contribution in [3.05, 3.63) is 75.8 Å². The number of carbonyl (C=O) groups is 2. The van der Waals surface area contributed by atoms with Crippen LogP contribution in [0.4, 0.5) is 5.69 Å². The fourth-order valence-electron chi connectivity index (χ4n) is 3.37. The molecular weight excluding hydrogens is 394 g/mol. The van der Waals surface area contributed by atoms with E-state index < -0.39 is 11.5 Å². The molecule has 1 amide bonds. The molecule has 0 aromatic heterocycles. The maximum absolute atomic E-state index is 13.0. The molecule has 0 saturated heterocycles. The van der Waals surface area contributed by atoms with Gasteiger partial charge in [0.2, 0.25) is 0 Å². The summed E-state index contributed by atoms with van der Waals surface area (Å²) in [4.78, 5) is 27.3. The van der Waals surface area contributed by atoms with Crippen LogP contribution >= 0.6 is 15.9 Å². The molecule has 1 atom stereocenters. The van der Waals surface area contributed by atoms with Crippen LogP contribution in [0.2, 0.25) is 0 Å². The number of hydrogen-bond acceptors (Lipinski definition) is 3. The van der Waals surface area contributed by atoms with E-state index in [1.165, 1.54) is 4.90 Å². The molecule has 5 heteroatoms. The van der Waals surface area contributed by atoms with Gasteiger partial charge in [0.05, 0.1) is 12.1 Å². The quantitative estimate of drug-likeness (QED) is 0.593. The minimum absolute atomic E-state index is 0.256. The van der Waals surface area contributed by atoms with Crippen molar-refractivity contribution in [2.75, 3.05) is 11.4 Å². The molecule has 0 bridgehead atoms. The number of halogens is 1. The SMILES string of the molecule is C=CCN1C(=O)C(O)(CC(=O)c2cc(C)ccc2C)c2cc(Br)ccc21. The number of Topliss-reactive ketones (excluding diaryl/α,β-unsaturated/α-hetero) is 1. The zero-order valence-corrected chi connectivity index (χ0v) is 16.3. The first-order valence-corrected chi connectivity index (χ1v) is 9.13. The second-order valence-corrected chi connectivity index (χ2v) is 7.56. The highest BCUT2D eigenvalue weighted by Crippen LogP contribution is 2.44. The maximum Gasteiger partial charge on any atom is 0.264 e. The highest BCUT2D eigenvalue weighted by molar-refractivity contribution is 9.10. The third kappa shape index (κ3) is 3.02. The Morgan fingerprint density at radius 2 is 2.00 bits per heavy atom. The molecule has 134 valence electrons. The Balaban J connectivity index is 2.04. The van der Waals surface area contributed by atoms with E-state index in [2.05, 4.69) is 22.5 Å². The average molecular weight is 414 g/mol. The van der Waals surface area contributed by atoms with Crippen molar-refractivity contribution in [2.45, 2.75) is 25.9 Å². The fraction of sp³-hybridized carbons (Fsp3) is 0.238. The first-order valence-electron chi connectivity index (χ1n) is 8.33. The smallest absolute Gasteiger partial charge is 0.264 e. The summed E-state index contributed by atoms with van der Waals surface area (Å²) in [7, 11) is 0. The van der Waals surface area contributed by atoms with Gasteiger partial charge in [-0.25, -0.2) is 0 Å². The molecule has 0 spiro atoms. The molecule has 1 heterocycles. The first-order chi connectivity index (χ1) is 12.3. The van der Waals surface area contributed by atoms with E-state index >= 15 is 0 Å². The predicted molar refractivity (Wildman–Crippen MR) is 105 cm³/mol. The van der Waals surface area contributed by atoms with E-state index in [4.69, 9.17) is 0 Å². The van der Waals surface area contributed by atoms with Gasteiger partial charge < -0.3 is 10.0 Å². The minimum atomic E-state index is -1.88. The number of carbonyl (C=O) groups excluding carboxylic acids is 2. The van der Waals surface area contributed by atoms with Gasteiger partial charge in [-0.2, -0.15) is 0 Å². The Labute approximate surface area is 161 Å². The van der Waals surface area contributed by atoms with Gasteiger partial charge in [-0.05, 0) is 43.7 Å². The molecular formula is C21H20BrNO3. The van der Waals surface area contributed by atoms with E-state index in [-0.39, 0.29) is 18.7 Å². The Morgan fingerprint density at radius 1 is 1.27 bits per heavy atom. The van der Waals surface area contributed by atoms with Crippen molar-refractivity contribution >= 4 is 33.3 Å². The zero-order valence-electron chi connectivity index (χ0n) is 14.8. The molecule has 1 unspecified atom stereocenters. The lowest BCUT2D eigenvalue weighted by Gasteiger charge is -2.22. The van der Waals surface area contributed by atoms with E-state index in [1.807, 2.05) is 26.0 Å². The Bertz CT molecular complexity index is 921. The largest absolute Gasteiger partial charge is 0.375 e. The van der Waals surface area contributed by atoms with Crippen LogP contribution in [0.5, 0.6) is 0 Å². The summed E-state index contributed by atoms with van der Waals surface area (Å²) in [5, 5.41) is 11.3. The van der Waals surface area contributed by atoms with Gasteiger partial charge >= 0.3 is 0 Å². The molecule has 4 nitrogen and oxygen atoms in total. The number of anilines is 1. The summed E-state index contributed by atoms with van der Waals surface area (Å²) >= 11 is 3.38. The van der Waals surface area contributed by atoms with Crippen LogP contribution in [0.3, 0.4) is 0 Å². The molecule has 1 N–H and O–H groups in total. The lowest BCUT2D eigenvalue weighted by atomic mass is 9.87. The van der Waals surface area contributed by atoms with Gasteiger partial charge in [-0.15, -0.1) is 6.58 Å². The Kier molecular flexibility index (Phi) is 4.86. The maximum atomic E-state index is 13.0. The van der Waals surface area contributed by atoms with Crippen molar-refractivity contribution in [2.24, 2.45) is 0 Å². The van der Waals surface area contributed by atoms with Crippen LogP contribution in [0, 0.1) is 13.8 Å². The third-order valence-electron chi connectivity index (χ3n) is 4.72. The number of benzene rings is 2. The molecule has 2 aromatic carbocycles. The van der Waals surface area contributed by atoms with Gasteiger partial charge in [0.25, 0.3) is 5.91 Å². The molecule has 0 fully saturated rings. The topological polar surface area (TPSA) is 57.6 Å². The second-order valence-electron chi connectivity index (χ2n) is 6.64. The van der Waals surface area contributed by atoms with E-state index in [9.17, 15) is 14.7 Å². The highest BCUT2D eigenvalue weighted by Gasteiger charge is 2.50. The van der Waals surface area contributed by atoms with Gasteiger partial charge in [-0.3, -0.25) is 9.59 Å². The summed E-state index contributed by atoms with van der Waals surface area (Å²) in [6.07, 6.45) is 1.30. The van der Waals surface area contributed by atoms with E-state index in [1.54, 1.807) is 30.3 Å². The Hall–Kier alpha value is -2.24. The van der Waals surface area contributed by atoms with Crippen LogP contribution in [0.1, 0.15) is 33.5 Å². The summed E-state index contributed by atoms with van der Waals surface area (Å²) in [6.45, 7) is 7.70. The van der Waals surface area contributed by atoms with Gasteiger partial charge in [0.15, 0.2) is 11.4 Å². The summed E-state index contributed by atoms with van der Waals surface area (Å²) < 4.78 is 0.738. The third-order valence-corrected chi connectivity index (χ3v) is 5.21. The average Bonchev–Trinajstić information content (AvgIpc) is 2.79. The molecule has 0 aliphatic carbocycles. The number of amides is 1. The number of ketones is 1. The monoisotopic (exact) mass is 413 g/mol. The molecule has 1 aliphatic rings. The van der Waals surface area contributed by atoms with Gasteiger partial charge in [0, 0.05) is 22.1 Å². The number of hydrogen-bond donors (Lipinski definition) is 1. The van der Waals surface area contributed by atoms with Crippen LogP contribution < -0.4 is 4.90 Å². The van der Waals surface area contributed by atoms with Crippen molar-refractivity contribution < 1.29 is 14.7 Å². The second kappa shape index (κ2) is 6.82. The number of aryl methyl sites for hydroxylation is 2. The summed E-state index contributed by atoms with van der Waals surface area (Å²) in [6, 6.07) is 10.9. The highest BCUT2D eigenvalue weighted by atomic mass is 79.9. The molecule has 0 radical (unpaired) electrons. The summed E-state index contributed by atoms with van der Waals surface area (Å²) in [5.74, 6) is -0.752. The van der Waals surface area contributed by atoms with Crippen molar-refractivity contribution in [3.63, 3.8) is 0 Å².